The van der Waals surface area contributed by atoms with Crippen LogP contribution in [0.5, 0.6) is 11.5 Å². The van der Waals surface area contributed by atoms with Crippen LogP contribution < -0.4 is 10.5 Å². The molecule has 1 aliphatic rings. The van der Waals surface area contributed by atoms with E-state index in [2.05, 4.69) is 0 Å². The molecule has 0 heterocycles. The van der Waals surface area contributed by atoms with Crippen molar-refractivity contribution in [2.24, 2.45) is 5.73 Å². The molecular formula is C13H19NO2. The number of phenolic OH excluding ortho intramolecular Hbond substituents is 1. The summed E-state index contributed by atoms with van der Waals surface area (Å²) in [6, 6.07) is 3.93. The highest BCUT2D eigenvalue weighted by Gasteiger charge is 2.37. The van der Waals surface area contributed by atoms with Crippen molar-refractivity contribution < 1.29 is 9.84 Å². The number of methoxy groups -OCH3 is 1. The quantitative estimate of drug-likeness (QED) is 0.819. The average Bonchev–Trinajstić information content (AvgIpc) is 2.97. The summed E-state index contributed by atoms with van der Waals surface area (Å²) in [5.41, 5.74) is 7.95. The van der Waals surface area contributed by atoms with Gasteiger partial charge in [0.25, 0.3) is 0 Å². The second-order valence-corrected chi connectivity index (χ2v) is 4.79. The van der Waals surface area contributed by atoms with Crippen LogP contribution in [0.3, 0.4) is 0 Å². The van der Waals surface area contributed by atoms with Crippen LogP contribution in [0.2, 0.25) is 0 Å². The Hall–Kier alpha value is -1.22. The Kier molecular flexibility index (Phi) is 2.80. The first-order chi connectivity index (χ1) is 7.56. The third kappa shape index (κ3) is 2.14. The highest BCUT2D eigenvalue weighted by atomic mass is 16.5. The molecule has 1 fully saturated rings. The van der Waals surface area contributed by atoms with Gasteiger partial charge in [0.05, 0.1) is 7.11 Å². The molecule has 0 spiro atoms. The molecule has 16 heavy (non-hydrogen) atoms. The van der Waals surface area contributed by atoms with E-state index in [1.165, 1.54) is 0 Å². The molecular weight excluding hydrogens is 202 g/mol. The van der Waals surface area contributed by atoms with E-state index in [4.69, 9.17) is 10.5 Å². The molecule has 88 valence electrons. The Bertz CT molecular complexity index is 397. The van der Waals surface area contributed by atoms with Gasteiger partial charge in [-0.05, 0) is 43.7 Å². The monoisotopic (exact) mass is 221 g/mol. The molecule has 0 radical (unpaired) electrons. The summed E-state index contributed by atoms with van der Waals surface area (Å²) in [7, 11) is 1.58. The molecule has 3 N–H and O–H groups in total. The highest BCUT2D eigenvalue weighted by Crippen LogP contribution is 2.39. The van der Waals surface area contributed by atoms with Gasteiger partial charge in [0.1, 0.15) is 0 Å². The number of aryl methyl sites for hydroxylation is 2. The topological polar surface area (TPSA) is 55.5 Å². The SMILES string of the molecule is COc1c(C)ccc(CCC2(N)CC2)c1O. The third-order valence-electron chi connectivity index (χ3n) is 3.40. The van der Waals surface area contributed by atoms with E-state index in [9.17, 15) is 5.11 Å². The third-order valence-corrected chi connectivity index (χ3v) is 3.40. The second kappa shape index (κ2) is 3.98. The zero-order valence-electron chi connectivity index (χ0n) is 9.92. The van der Waals surface area contributed by atoms with Crippen molar-refractivity contribution in [1.82, 2.24) is 0 Å². The molecule has 0 saturated heterocycles. The minimum absolute atomic E-state index is 0.0323. The highest BCUT2D eigenvalue weighted by molar-refractivity contribution is 5.50. The van der Waals surface area contributed by atoms with Crippen molar-refractivity contribution in [1.29, 1.82) is 0 Å². The predicted molar refractivity (Wildman–Crippen MR) is 63.9 cm³/mol. The van der Waals surface area contributed by atoms with E-state index in [1.54, 1.807) is 7.11 Å². The molecule has 0 atom stereocenters. The zero-order chi connectivity index (χ0) is 11.8. The van der Waals surface area contributed by atoms with Gasteiger partial charge >= 0.3 is 0 Å². The summed E-state index contributed by atoms with van der Waals surface area (Å²) in [4.78, 5) is 0. The van der Waals surface area contributed by atoms with Crippen LogP contribution in [-0.4, -0.2) is 17.8 Å². The van der Waals surface area contributed by atoms with E-state index in [-0.39, 0.29) is 11.3 Å². The molecule has 1 aromatic rings. The fourth-order valence-electron chi connectivity index (χ4n) is 1.97. The zero-order valence-corrected chi connectivity index (χ0v) is 9.92. The number of aromatic hydroxyl groups is 1. The van der Waals surface area contributed by atoms with Crippen LogP contribution in [0.25, 0.3) is 0 Å². The average molecular weight is 221 g/mol. The molecule has 1 saturated carbocycles. The molecule has 0 aliphatic heterocycles. The lowest BCUT2D eigenvalue weighted by Crippen LogP contribution is -2.22. The summed E-state index contributed by atoms with van der Waals surface area (Å²) in [6.07, 6.45) is 3.97. The lowest BCUT2D eigenvalue weighted by Gasteiger charge is -2.13. The maximum atomic E-state index is 10.0. The van der Waals surface area contributed by atoms with Crippen LogP contribution in [-0.2, 0) is 6.42 Å². The molecule has 2 rings (SSSR count). The fourth-order valence-corrected chi connectivity index (χ4v) is 1.97. The minimum atomic E-state index is 0.0323. The fraction of sp³-hybridized carbons (Fsp3) is 0.538. The van der Waals surface area contributed by atoms with Crippen LogP contribution in [0, 0.1) is 6.92 Å². The van der Waals surface area contributed by atoms with Crippen LogP contribution >= 0.6 is 0 Å². The van der Waals surface area contributed by atoms with E-state index in [0.717, 1.165) is 36.8 Å². The molecule has 1 aliphatic carbocycles. The first-order valence-corrected chi connectivity index (χ1v) is 5.70. The lowest BCUT2D eigenvalue weighted by molar-refractivity contribution is 0.367. The van der Waals surface area contributed by atoms with E-state index in [0.29, 0.717) is 5.75 Å². The number of rotatable bonds is 4. The normalized spacial score (nSPS) is 17.2. The Balaban J connectivity index is 2.14. The molecule has 3 heteroatoms. The number of ether oxygens (including phenoxy) is 1. The van der Waals surface area contributed by atoms with E-state index < -0.39 is 0 Å². The molecule has 0 unspecified atom stereocenters. The van der Waals surface area contributed by atoms with Crippen molar-refractivity contribution >= 4 is 0 Å². The first kappa shape index (κ1) is 11.3. The van der Waals surface area contributed by atoms with Gasteiger partial charge < -0.3 is 15.6 Å². The molecule has 0 aromatic heterocycles. The summed E-state index contributed by atoms with van der Waals surface area (Å²) >= 11 is 0. The van der Waals surface area contributed by atoms with Crippen molar-refractivity contribution in [2.75, 3.05) is 7.11 Å². The molecule has 0 amide bonds. The van der Waals surface area contributed by atoms with Gasteiger partial charge in [-0.2, -0.15) is 0 Å². The summed E-state index contributed by atoms with van der Waals surface area (Å²) < 4.78 is 5.18. The van der Waals surface area contributed by atoms with Gasteiger partial charge in [-0.3, -0.25) is 0 Å². The largest absolute Gasteiger partial charge is 0.504 e. The van der Waals surface area contributed by atoms with Gasteiger partial charge in [-0.15, -0.1) is 0 Å². The molecule has 3 nitrogen and oxygen atoms in total. The van der Waals surface area contributed by atoms with E-state index in [1.807, 2.05) is 19.1 Å². The maximum absolute atomic E-state index is 10.0. The Morgan fingerprint density at radius 3 is 2.69 bits per heavy atom. The molecule has 1 aromatic carbocycles. The van der Waals surface area contributed by atoms with Crippen molar-refractivity contribution in [2.45, 2.75) is 38.1 Å². The van der Waals surface area contributed by atoms with E-state index >= 15 is 0 Å². The summed E-state index contributed by atoms with van der Waals surface area (Å²) in [5.74, 6) is 0.853. The van der Waals surface area contributed by atoms with Crippen LogP contribution in [0.1, 0.15) is 30.4 Å². The predicted octanol–water partition coefficient (Wildman–Crippen LogP) is 2.13. The number of phenols is 1. The maximum Gasteiger partial charge on any atom is 0.163 e. The van der Waals surface area contributed by atoms with Gasteiger partial charge in [0.2, 0.25) is 0 Å². The number of hydrogen-bond donors (Lipinski definition) is 2. The second-order valence-electron chi connectivity index (χ2n) is 4.79. The minimum Gasteiger partial charge on any atom is -0.504 e. The van der Waals surface area contributed by atoms with Gasteiger partial charge in [-0.1, -0.05) is 12.1 Å². The van der Waals surface area contributed by atoms with Crippen molar-refractivity contribution in [3.05, 3.63) is 23.3 Å². The summed E-state index contributed by atoms with van der Waals surface area (Å²) in [6.45, 7) is 1.92. The first-order valence-electron chi connectivity index (χ1n) is 5.70. The van der Waals surface area contributed by atoms with Crippen molar-refractivity contribution in [3.63, 3.8) is 0 Å². The van der Waals surface area contributed by atoms with Gasteiger partial charge in [0.15, 0.2) is 11.5 Å². The van der Waals surface area contributed by atoms with Crippen molar-refractivity contribution in [3.8, 4) is 11.5 Å². The number of hydrogen-bond acceptors (Lipinski definition) is 3. The molecule has 0 bridgehead atoms. The van der Waals surface area contributed by atoms with Crippen LogP contribution in [0.15, 0.2) is 12.1 Å². The Labute approximate surface area is 96.2 Å². The van der Waals surface area contributed by atoms with Gasteiger partial charge in [0, 0.05) is 5.54 Å². The standard InChI is InChI=1S/C13H19NO2/c1-9-3-4-10(11(15)12(9)16-2)5-6-13(14)7-8-13/h3-4,15H,5-8,14H2,1-2H3. The summed E-state index contributed by atoms with van der Waals surface area (Å²) in [5, 5.41) is 10.0. The van der Waals surface area contributed by atoms with Gasteiger partial charge in [-0.25, -0.2) is 0 Å². The Morgan fingerprint density at radius 1 is 1.44 bits per heavy atom. The smallest absolute Gasteiger partial charge is 0.163 e. The number of benzene rings is 1. The number of nitrogens with two attached hydrogens (primary N) is 1. The van der Waals surface area contributed by atoms with Crippen LogP contribution in [0.4, 0.5) is 0 Å². The lowest BCUT2D eigenvalue weighted by atomic mass is 10.0. The Morgan fingerprint density at radius 2 is 2.12 bits per heavy atom.